The molecule has 2 rings (SSSR count). The number of aromatic nitrogens is 1. The molecule has 0 fully saturated rings. The molecule has 0 radical (unpaired) electrons. The monoisotopic (exact) mass is 275 g/mol. The van der Waals surface area contributed by atoms with Gasteiger partial charge >= 0.3 is 11.7 Å². The molecule has 0 saturated carbocycles. The Kier molecular flexibility index (Phi) is 5.16. The van der Waals surface area contributed by atoms with E-state index < -0.39 is 0 Å². The van der Waals surface area contributed by atoms with Crippen LogP contribution in [-0.2, 0) is 6.42 Å². The van der Waals surface area contributed by atoms with Gasteiger partial charge in [0.15, 0.2) is 0 Å². The average molecular weight is 275 g/mol. The molecular weight excluding hydrogens is 254 g/mol. The van der Waals surface area contributed by atoms with Crippen LogP contribution < -0.4 is 10.4 Å². The summed E-state index contributed by atoms with van der Waals surface area (Å²) in [6.07, 6.45) is 5.30. The zero-order valence-corrected chi connectivity index (χ0v) is 12.1. The molecule has 0 saturated heterocycles. The molecule has 1 heterocycles. The summed E-state index contributed by atoms with van der Waals surface area (Å²) >= 11 is 0. The molecule has 0 aliphatic rings. The standard InChI is InChI=1S/C16H21NO3/c1-3-5-6-7-11-19-16-17-13-10-8-9-12(4-2)14(13)15(18)20-16/h8-10H,3-7,11H2,1-2H3. The Morgan fingerprint density at radius 2 is 2.05 bits per heavy atom. The van der Waals surface area contributed by atoms with Crippen LogP contribution in [-0.4, -0.2) is 11.6 Å². The van der Waals surface area contributed by atoms with Crippen LogP contribution in [0.2, 0.25) is 0 Å². The lowest BCUT2D eigenvalue weighted by molar-refractivity contribution is 0.211. The van der Waals surface area contributed by atoms with E-state index in [2.05, 4.69) is 11.9 Å². The number of ether oxygens (including phenoxy) is 1. The highest BCUT2D eigenvalue weighted by molar-refractivity contribution is 5.80. The van der Waals surface area contributed by atoms with Gasteiger partial charge in [0, 0.05) is 0 Å². The van der Waals surface area contributed by atoms with Gasteiger partial charge in [-0.15, -0.1) is 0 Å². The summed E-state index contributed by atoms with van der Waals surface area (Å²) in [6, 6.07) is 5.64. The van der Waals surface area contributed by atoms with Gasteiger partial charge in [-0.2, -0.15) is 4.98 Å². The van der Waals surface area contributed by atoms with E-state index in [1.54, 1.807) is 0 Å². The third kappa shape index (κ3) is 3.38. The van der Waals surface area contributed by atoms with Crippen molar-refractivity contribution in [2.24, 2.45) is 0 Å². The Hall–Kier alpha value is -1.84. The maximum atomic E-state index is 12.0. The van der Waals surface area contributed by atoms with Gasteiger partial charge in [-0.1, -0.05) is 45.2 Å². The van der Waals surface area contributed by atoms with Crippen molar-refractivity contribution in [1.29, 1.82) is 0 Å². The highest BCUT2D eigenvalue weighted by Gasteiger charge is 2.10. The first kappa shape index (κ1) is 14.6. The largest absolute Gasteiger partial charge is 0.450 e. The lowest BCUT2D eigenvalue weighted by Gasteiger charge is -2.05. The molecule has 2 aromatic rings. The predicted molar refractivity (Wildman–Crippen MR) is 79.3 cm³/mol. The first-order chi connectivity index (χ1) is 9.76. The minimum atomic E-state index is -0.365. The predicted octanol–water partition coefficient (Wildman–Crippen LogP) is 3.71. The molecule has 0 unspecified atom stereocenters. The molecule has 0 aliphatic heterocycles. The van der Waals surface area contributed by atoms with Gasteiger partial charge in [-0.3, -0.25) is 0 Å². The van der Waals surface area contributed by atoms with Gasteiger partial charge in [-0.25, -0.2) is 4.79 Å². The summed E-state index contributed by atoms with van der Waals surface area (Å²) in [4.78, 5) is 16.3. The zero-order chi connectivity index (χ0) is 14.4. The van der Waals surface area contributed by atoms with Crippen molar-refractivity contribution in [2.45, 2.75) is 46.0 Å². The van der Waals surface area contributed by atoms with Gasteiger partial charge < -0.3 is 9.15 Å². The van der Waals surface area contributed by atoms with Crippen LogP contribution in [0.1, 0.15) is 45.1 Å². The molecule has 0 bridgehead atoms. The second-order valence-electron chi connectivity index (χ2n) is 4.84. The van der Waals surface area contributed by atoms with Gasteiger partial charge in [-0.05, 0) is 24.5 Å². The van der Waals surface area contributed by atoms with Crippen molar-refractivity contribution in [2.75, 3.05) is 6.61 Å². The fourth-order valence-electron chi connectivity index (χ4n) is 2.21. The maximum Gasteiger partial charge on any atom is 0.397 e. The molecule has 4 heteroatoms. The second-order valence-corrected chi connectivity index (χ2v) is 4.84. The van der Waals surface area contributed by atoms with Crippen molar-refractivity contribution in [3.63, 3.8) is 0 Å². The average Bonchev–Trinajstić information content (AvgIpc) is 2.46. The number of unbranched alkanes of at least 4 members (excludes halogenated alkanes) is 3. The minimum Gasteiger partial charge on any atom is -0.450 e. The Morgan fingerprint density at radius 1 is 1.20 bits per heavy atom. The van der Waals surface area contributed by atoms with Crippen LogP contribution in [0.4, 0.5) is 0 Å². The molecular formula is C16H21NO3. The van der Waals surface area contributed by atoms with Crippen LogP contribution in [0, 0.1) is 0 Å². The van der Waals surface area contributed by atoms with E-state index in [0.717, 1.165) is 24.8 Å². The van der Waals surface area contributed by atoms with Gasteiger partial charge in [0.2, 0.25) is 0 Å². The van der Waals surface area contributed by atoms with E-state index in [0.29, 0.717) is 17.5 Å². The number of hydrogen-bond acceptors (Lipinski definition) is 4. The quantitative estimate of drug-likeness (QED) is 0.723. The topological polar surface area (TPSA) is 52.3 Å². The molecule has 0 spiro atoms. The summed E-state index contributed by atoms with van der Waals surface area (Å²) in [5.41, 5.74) is 1.23. The number of rotatable bonds is 7. The van der Waals surface area contributed by atoms with E-state index in [1.807, 2.05) is 25.1 Å². The smallest absolute Gasteiger partial charge is 0.397 e. The number of aryl methyl sites for hydroxylation is 1. The number of nitrogens with zero attached hydrogens (tertiary/aromatic N) is 1. The van der Waals surface area contributed by atoms with Gasteiger partial charge in [0.25, 0.3) is 0 Å². The molecule has 0 atom stereocenters. The van der Waals surface area contributed by atoms with Crippen molar-refractivity contribution in [3.05, 3.63) is 34.2 Å². The molecule has 20 heavy (non-hydrogen) atoms. The molecule has 0 aliphatic carbocycles. The Bertz CT molecular complexity index is 619. The summed E-state index contributed by atoms with van der Waals surface area (Å²) < 4.78 is 10.6. The Morgan fingerprint density at radius 3 is 2.80 bits per heavy atom. The molecule has 1 aromatic carbocycles. The molecule has 108 valence electrons. The second kappa shape index (κ2) is 7.08. The van der Waals surface area contributed by atoms with Crippen LogP contribution in [0.3, 0.4) is 0 Å². The van der Waals surface area contributed by atoms with Gasteiger partial charge in [0.1, 0.15) is 0 Å². The van der Waals surface area contributed by atoms with E-state index in [4.69, 9.17) is 9.15 Å². The van der Waals surface area contributed by atoms with Gasteiger partial charge in [0.05, 0.1) is 17.5 Å². The first-order valence-electron chi connectivity index (χ1n) is 7.31. The van der Waals surface area contributed by atoms with Crippen LogP contribution in [0.5, 0.6) is 6.08 Å². The third-order valence-electron chi connectivity index (χ3n) is 3.33. The van der Waals surface area contributed by atoms with E-state index in [9.17, 15) is 4.79 Å². The lowest BCUT2D eigenvalue weighted by Crippen LogP contribution is -2.08. The van der Waals surface area contributed by atoms with Crippen molar-refractivity contribution < 1.29 is 9.15 Å². The molecule has 0 N–H and O–H groups in total. The van der Waals surface area contributed by atoms with Crippen LogP contribution in [0.25, 0.3) is 10.9 Å². The van der Waals surface area contributed by atoms with Crippen molar-refractivity contribution >= 4 is 10.9 Å². The van der Waals surface area contributed by atoms with E-state index in [1.165, 1.54) is 12.8 Å². The van der Waals surface area contributed by atoms with E-state index >= 15 is 0 Å². The highest BCUT2D eigenvalue weighted by atomic mass is 16.6. The fourth-order valence-corrected chi connectivity index (χ4v) is 2.21. The first-order valence-corrected chi connectivity index (χ1v) is 7.31. The lowest BCUT2D eigenvalue weighted by atomic mass is 10.1. The normalized spacial score (nSPS) is 10.9. The summed E-state index contributed by atoms with van der Waals surface area (Å²) in [5, 5.41) is 0.563. The van der Waals surface area contributed by atoms with Crippen molar-refractivity contribution in [3.8, 4) is 6.08 Å². The minimum absolute atomic E-state index is 0.0762. The highest BCUT2D eigenvalue weighted by Crippen LogP contribution is 2.17. The van der Waals surface area contributed by atoms with E-state index in [-0.39, 0.29) is 11.7 Å². The maximum absolute atomic E-state index is 12.0. The number of hydrogen-bond donors (Lipinski definition) is 0. The van der Waals surface area contributed by atoms with Crippen LogP contribution >= 0.6 is 0 Å². The summed E-state index contributed by atoms with van der Waals surface area (Å²) in [5.74, 6) is 0. The zero-order valence-electron chi connectivity index (χ0n) is 12.1. The SMILES string of the molecule is CCCCCCOc1nc2cccc(CC)c2c(=O)o1. The van der Waals surface area contributed by atoms with Crippen LogP contribution in [0.15, 0.2) is 27.4 Å². The Labute approximate surface area is 118 Å². The molecule has 1 aromatic heterocycles. The summed E-state index contributed by atoms with van der Waals surface area (Å²) in [6.45, 7) is 4.71. The molecule has 4 nitrogen and oxygen atoms in total. The number of benzene rings is 1. The fraction of sp³-hybridized carbons (Fsp3) is 0.500. The van der Waals surface area contributed by atoms with Crippen molar-refractivity contribution in [1.82, 2.24) is 4.98 Å². The number of fused-ring (bicyclic) bond motifs is 1. The third-order valence-corrected chi connectivity index (χ3v) is 3.33. The summed E-state index contributed by atoms with van der Waals surface area (Å²) in [7, 11) is 0. The molecule has 0 amide bonds. The Balaban J connectivity index is 2.15.